The Labute approximate surface area is 162 Å². The lowest BCUT2D eigenvalue weighted by Crippen LogP contribution is -2.45. The van der Waals surface area contributed by atoms with E-state index >= 15 is 0 Å². The van der Waals surface area contributed by atoms with E-state index in [9.17, 15) is 14.4 Å². The summed E-state index contributed by atoms with van der Waals surface area (Å²) in [5, 5.41) is 11.5. The molecule has 8 nitrogen and oxygen atoms in total. The van der Waals surface area contributed by atoms with Crippen molar-refractivity contribution in [2.24, 2.45) is 0 Å². The van der Waals surface area contributed by atoms with E-state index in [0.29, 0.717) is 17.2 Å². The highest BCUT2D eigenvalue weighted by atomic mass is 16.3. The number of rotatable bonds is 6. The maximum absolute atomic E-state index is 12.9. The summed E-state index contributed by atoms with van der Waals surface area (Å²) in [6.45, 7) is 3.01. The van der Waals surface area contributed by atoms with Gasteiger partial charge in [-0.3, -0.25) is 14.5 Å². The Bertz CT molecular complexity index is 947. The molecule has 0 spiro atoms. The van der Waals surface area contributed by atoms with Crippen LogP contribution < -0.4 is 10.2 Å². The molecule has 1 aliphatic heterocycles. The summed E-state index contributed by atoms with van der Waals surface area (Å²) < 4.78 is 5.52. The number of benzene rings is 1. The Hall–Kier alpha value is -3.60. The molecular formula is C20H20N4O4. The molecule has 1 unspecified atom stereocenters. The Morgan fingerprint density at radius 3 is 2.57 bits per heavy atom. The molecule has 1 N–H and O–H groups in total. The number of carbonyl (C=O) groups excluding carboxylic acids is 3. The fraction of sp³-hybridized carbons (Fsp3) is 0.300. The highest BCUT2D eigenvalue weighted by molar-refractivity contribution is 6.10. The van der Waals surface area contributed by atoms with Crippen molar-refractivity contribution in [3.05, 3.63) is 54.0 Å². The fourth-order valence-electron chi connectivity index (χ4n) is 3.10. The molecule has 1 aromatic carbocycles. The van der Waals surface area contributed by atoms with E-state index in [0.717, 1.165) is 4.90 Å². The topological polar surface area (TPSA) is 107 Å². The molecule has 0 radical (unpaired) electrons. The monoisotopic (exact) mass is 380 g/mol. The quantitative estimate of drug-likeness (QED) is 0.774. The number of anilines is 1. The summed E-state index contributed by atoms with van der Waals surface area (Å²) in [6.07, 6.45) is 0.129. The lowest BCUT2D eigenvalue weighted by Gasteiger charge is -2.24. The lowest BCUT2D eigenvalue weighted by molar-refractivity contribution is -0.134. The fourth-order valence-corrected chi connectivity index (χ4v) is 3.10. The van der Waals surface area contributed by atoms with Crippen molar-refractivity contribution in [2.45, 2.75) is 25.8 Å². The zero-order valence-electron chi connectivity index (χ0n) is 15.6. The maximum atomic E-state index is 12.9. The summed E-state index contributed by atoms with van der Waals surface area (Å²) in [5.74, 6) is -0.0967. The maximum Gasteiger partial charge on any atom is 0.325 e. The summed E-state index contributed by atoms with van der Waals surface area (Å²) >= 11 is 0. The van der Waals surface area contributed by atoms with Gasteiger partial charge in [0.2, 0.25) is 5.91 Å². The van der Waals surface area contributed by atoms with E-state index in [1.54, 1.807) is 50.2 Å². The highest BCUT2D eigenvalue weighted by Crippen LogP contribution is 2.30. The number of amides is 4. The average Bonchev–Trinajstić information content (AvgIpc) is 3.21. The van der Waals surface area contributed by atoms with Gasteiger partial charge in [-0.15, -0.1) is 0 Å². The Morgan fingerprint density at radius 1 is 1.25 bits per heavy atom. The number of hydrogen-bond acceptors (Lipinski definition) is 5. The molecule has 144 valence electrons. The predicted octanol–water partition coefficient (Wildman–Crippen LogP) is 2.30. The lowest BCUT2D eigenvalue weighted by atomic mass is 9.99. The second-order valence-corrected chi connectivity index (χ2v) is 6.65. The third kappa shape index (κ3) is 3.47. The molecule has 1 fully saturated rings. The minimum Gasteiger partial charge on any atom is -0.463 e. The summed E-state index contributed by atoms with van der Waals surface area (Å²) in [5.41, 5.74) is -0.769. The molecule has 1 saturated heterocycles. The molecular weight excluding hydrogens is 360 g/mol. The molecule has 0 saturated carbocycles. The van der Waals surface area contributed by atoms with Gasteiger partial charge in [0.25, 0.3) is 5.91 Å². The van der Waals surface area contributed by atoms with E-state index in [4.69, 9.17) is 9.68 Å². The number of nitrogens with one attached hydrogen (secondary N) is 1. The van der Waals surface area contributed by atoms with E-state index in [1.165, 1.54) is 4.90 Å². The van der Waals surface area contributed by atoms with Crippen molar-refractivity contribution in [1.82, 2.24) is 10.2 Å². The number of aryl methyl sites for hydroxylation is 1. The Balaban J connectivity index is 1.81. The van der Waals surface area contributed by atoms with Gasteiger partial charge in [-0.1, -0.05) is 18.2 Å². The number of para-hydroxylation sites is 1. The van der Waals surface area contributed by atoms with Crippen molar-refractivity contribution in [2.75, 3.05) is 18.0 Å². The highest BCUT2D eigenvalue weighted by Gasteiger charge is 2.51. The minimum absolute atomic E-state index is 0.129. The van der Waals surface area contributed by atoms with Crippen LogP contribution in [0.15, 0.2) is 46.9 Å². The summed E-state index contributed by atoms with van der Waals surface area (Å²) in [4.78, 5) is 40.5. The second kappa shape index (κ2) is 7.56. The first-order chi connectivity index (χ1) is 13.4. The molecule has 0 aliphatic carbocycles. The number of nitrogens with zero attached hydrogens (tertiary/aromatic N) is 3. The molecule has 2 aromatic rings. The standard InChI is InChI=1S/C20H20N4O4/c1-14-9-10-16(28-14)20(2)18(26)24(19(27)22-20)13-17(25)23(12-6-11-21)15-7-4-3-5-8-15/h3-5,7-10H,6,12-13H2,1-2H3,(H,22,27). The second-order valence-electron chi connectivity index (χ2n) is 6.65. The van der Waals surface area contributed by atoms with Crippen LogP contribution in [-0.2, 0) is 15.1 Å². The van der Waals surface area contributed by atoms with Gasteiger partial charge >= 0.3 is 6.03 Å². The normalized spacial score (nSPS) is 18.7. The van der Waals surface area contributed by atoms with Crippen LogP contribution >= 0.6 is 0 Å². The summed E-state index contributed by atoms with van der Waals surface area (Å²) in [7, 11) is 0. The van der Waals surface area contributed by atoms with Gasteiger partial charge in [0, 0.05) is 12.2 Å². The first-order valence-electron chi connectivity index (χ1n) is 8.80. The van der Waals surface area contributed by atoms with Gasteiger partial charge in [0.15, 0.2) is 5.54 Å². The van der Waals surface area contributed by atoms with Crippen LogP contribution in [-0.4, -0.2) is 35.8 Å². The Kier molecular flexibility index (Phi) is 5.18. The van der Waals surface area contributed by atoms with Crippen LogP contribution in [0, 0.1) is 18.3 Å². The molecule has 0 bridgehead atoms. The molecule has 4 amide bonds. The Morgan fingerprint density at radius 2 is 1.96 bits per heavy atom. The number of furan rings is 1. The molecule has 2 heterocycles. The third-order valence-corrected chi connectivity index (χ3v) is 4.62. The molecule has 1 aromatic heterocycles. The average molecular weight is 380 g/mol. The third-order valence-electron chi connectivity index (χ3n) is 4.62. The SMILES string of the molecule is Cc1ccc(C2(C)NC(=O)N(CC(=O)N(CCC#N)c3ccccc3)C2=O)o1. The molecule has 8 heteroatoms. The number of carbonyl (C=O) groups is 3. The van der Waals surface area contributed by atoms with Gasteiger partial charge in [0.1, 0.15) is 18.1 Å². The van der Waals surface area contributed by atoms with Crippen molar-refractivity contribution >= 4 is 23.5 Å². The first kappa shape index (κ1) is 19.2. The molecule has 1 aliphatic rings. The van der Waals surface area contributed by atoms with Crippen LogP contribution in [0.4, 0.5) is 10.5 Å². The van der Waals surface area contributed by atoms with Gasteiger partial charge in [-0.2, -0.15) is 5.26 Å². The number of urea groups is 1. The molecule has 3 rings (SSSR count). The molecule has 1 atom stereocenters. The van der Waals surface area contributed by atoms with Crippen LogP contribution in [0.1, 0.15) is 24.9 Å². The number of imide groups is 1. The summed E-state index contributed by atoms with van der Waals surface area (Å²) in [6, 6.07) is 13.5. The van der Waals surface area contributed by atoms with Gasteiger partial charge < -0.3 is 14.6 Å². The predicted molar refractivity (Wildman–Crippen MR) is 100 cm³/mol. The van der Waals surface area contributed by atoms with Crippen molar-refractivity contribution in [3.8, 4) is 6.07 Å². The smallest absolute Gasteiger partial charge is 0.325 e. The van der Waals surface area contributed by atoms with Crippen LogP contribution in [0.2, 0.25) is 0 Å². The van der Waals surface area contributed by atoms with Gasteiger partial charge in [-0.25, -0.2) is 4.79 Å². The van der Waals surface area contributed by atoms with E-state index in [-0.39, 0.29) is 13.0 Å². The van der Waals surface area contributed by atoms with Crippen molar-refractivity contribution in [1.29, 1.82) is 5.26 Å². The van der Waals surface area contributed by atoms with Gasteiger partial charge in [0.05, 0.1) is 12.5 Å². The van der Waals surface area contributed by atoms with Gasteiger partial charge in [-0.05, 0) is 38.1 Å². The molecule has 28 heavy (non-hydrogen) atoms. The van der Waals surface area contributed by atoms with Crippen molar-refractivity contribution < 1.29 is 18.8 Å². The van der Waals surface area contributed by atoms with Crippen LogP contribution in [0.25, 0.3) is 0 Å². The zero-order valence-corrected chi connectivity index (χ0v) is 15.6. The number of hydrogen-bond donors (Lipinski definition) is 1. The van der Waals surface area contributed by atoms with E-state index in [2.05, 4.69) is 5.32 Å². The minimum atomic E-state index is -1.37. The van der Waals surface area contributed by atoms with E-state index in [1.807, 2.05) is 12.1 Å². The number of nitriles is 1. The van der Waals surface area contributed by atoms with Crippen LogP contribution in [0.5, 0.6) is 0 Å². The first-order valence-corrected chi connectivity index (χ1v) is 8.80. The zero-order chi connectivity index (χ0) is 20.3. The van der Waals surface area contributed by atoms with Crippen molar-refractivity contribution in [3.63, 3.8) is 0 Å². The largest absolute Gasteiger partial charge is 0.463 e. The van der Waals surface area contributed by atoms with E-state index < -0.39 is 29.9 Å². The van der Waals surface area contributed by atoms with Crippen LogP contribution in [0.3, 0.4) is 0 Å².